The van der Waals surface area contributed by atoms with E-state index in [9.17, 15) is 4.39 Å². The van der Waals surface area contributed by atoms with Gasteiger partial charge in [-0.1, -0.05) is 6.07 Å². The van der Waals surface area contributed by atoms with Crippen LogP contribution in [0.2, 0.25) is 0 Å². The van der Waals surface area contributed by atoms with Crippen molar-refractivity contribution >= 4 is 0 Å². The van der Waals surface area contributed by atoms with E-state index in [-0.39, 0.29) is 19.0 Å². The maximum Gasteiger partial charge on any atom is 0.126 e. The zero-order valence-corrected chi connectivity index (χ0v) is 6.84. The minimum atomic E-state index is -0.384. The Bertz CT molecular complexity index is 284. The Morgan fingerprint density at radius 1 is 1.25 bits per heavy atom. The van der Waals surface area contributed by atoms with Gasteiger partial charge in [0, 0.05) is 0 Å². The van der Waals surface area contributed by atoms with Gasteiger partial charge in [-0.3, -0.25) is 0 Å². The molecule has 0 aliphatic rings. The molecule has 0 saturated heterocycles. The SMILES string of the molecule is Cc1c(F)cc(CO)cc1CO. The molecule has 0 amide bonds. The first-order valence-electron chi connectivity index (χ1n) is 3.68. The molecule has 2 nitrogen and oxygen atoms in total. The Labute approximate surface area is 70.3 Å². The molecule has 0 radical (unpaired) electrons. The van der Waals surface area contributed by atoms with Crippen LogP contribution in [0, 0.1) is 12.7 Å². The van der Waals surface area contributed by atoms with E-state index in [0.717, 1.165) is 0 Å². The van der Waals surface area contributed by atoms with Crippen molar-refractivity contribution in [1.29, 1.82) is 0 Å². The van der Waals surface area contributed by atoms with Crippen molar-refractivity contribution in [3.8, 4) is 0 Å². The van der Waals surface area contributed by atoms with Crippen LogP contribution in [-0.4, -0.2) is 10.2 Å². The Hall–Kier alpha value is -0.930. The average Bonchev–Trinajstić information content (AvgIpc) is 2.09. The highest BCUT2D eigenvalue weighted by molar-refractivity contribution is 5.31. The lowest BCUT2D eigenvalue weighted by Crippen LogP contribution is -1.96. The van der Waals surface area contributed by atoms with Crippen molar-refractivity contribution in [3.63, 3.8) is 0 Å². The molecule has 0 aliphatic carbocycles. The normalized spacial score (nSPS) is 10.3. The summed E-state index contributed by atoms with van der Waals surface area (Å²) in [5.74, 6) is -0.384. The van der Waals surface area contributed by atoms with E-state index < -0.39 is 0 Å². The summed E-state index contributed by atoms with van der Waals surface area (Å²) in [6, 6.07) is 2.87. The standard InChI is InChI=1S/C9H11FO2/c1-6-8(5-12)2-7(4-11)3-9(6)10/h2-3,11-12H,4-5H2,1H3. The Kier molecular flexibility index (Phi) is 2.78. The van der Waals surface area contributed by atoms with Crippen molar-refractivity contribution in [2.24, 2.45) is 0 Å². The number of rotatable bonds is 2. The molecule has 0 heterocycles. The van der Waals surface area contributed by atoms with Gasteiger partial charge in [-0.15, -0.1) is 0 Å². The topological polar surface area (TPSA) is 40.5 Å². The number of halogens is 1. The highest BCUT2D eigenvalue weighted by Crippen LogP contribution is 2.15. The highest BCUT2D eigenvalue weighted by atomic mass is 19.1. The molecule has 1 rings (SSSR count). The summed E-state index contributed by atoms with van der Waals surface area (Å²) in [6.07, 6.45) is 0. The van der Waals surface area contributed by atoms with Crippen LogP contribution in [0.1, 0.15) is 16.7 Å². The summed E-state index contributed by atoms with van der Waals surface area (Å²) in [7, 11) is 0. The molecule has 3 heteroatoms. The first kappa shape index (κ1) is 9.16. The second kappa shape index (κ2) is 3.65. The molecule has 0 atom stereocenters. The van der Waals surface area contributed by atoms with E-state index >= 15 is 0 Å². The van der Waals surface area contributed by atoms with Gasteiger partial charge in [0.05, 0.1) is 13.2 Å². The molecule has 2 N–H and O–H groups in total. The molecule has 1 aromatic rings. The van der Waals surface area contributed by atoms with Crippen LogP contribution in [0.5, 0.6) is 0 Å². The van der Waals surface area contributed by atoms with Crippen molar-refractivity contribution < 1.29 is 14.6 Å². The predicted octanol–water partition coefficient (Wildman–Crippen LogP) is 1.12. The average molecular weight is 170 g/mol. The highest BCUT2D eigenvalue weighted by Gasteiger charge is 2.05. The monoisotopic (exact) mass is 170 g/mol. The summed E-state index contributed by atoms with van der Waals surface area (Å²) >= 11 is 0. The zero-order chi connectivity index (χ0) is 9.14. The van der Waals surface area contributed by atoms with Crippen molar-refractivity contribution in [3.05, 3.63) is 34.6 Å². The smallest absolute Gasteiger partial charge is 0.126 e. The second-order valence-electron chi connectivity index (χ2n) is 2.68. The van der Waals surface area contributed by atoms with E-state index in [1.807, 2.05) is 0 Å². The predicted molar refractivity (Wildman–Crippen MR) is 43.0 cm³/mol. The zero-order valence-electron chi connectivity index (χ0n) is 6.84. The molecule has 0 unspecified atom stereocenters. The van der Waals surface area contributed by atoms with Gasteiger partial charge in [-0.25, -0.2) is 4.39 Å². The fourth-order valence-corrected chi connectivity index (χ4v) is 1.05. The minimum Gasteiger partial charge on any atom is -0.392 e. The summed E-state index contributed by atoms with van der Waals surface area (Å²) in [4.78, 5) is 0. The van der Waals surface area contributed by atoms with Crippen LogP contribution in [-0.2, 0) is 13.2 Å². The van der Waals surface area contributed by atoms with Crippen LogP contribution in [0.15, 0.2) is 12.1 Å². The molecule has 0 aliphatic heterocycles. The Morgan fingerprint density at radius 2 is 1.92 bits per heavy atom. The third-order valence-electron chi connectivity index (χ3n) is 1.86. The summed E-state index contributed by atoms with van der Waals surface area (Å²) in [5, 5.41) is 17.5. The van der Waals surface area contributed by atoms with Crippen molar-refractivity contribution in [2.75, 3.05) is 0 Å². The lowest BCUT2D eigenvalue weighted by atomic mass is 10.1. The van der Waals surface area contributed by atoms with Gasteiger partial charge >= 0.3 is 0 Å². The number of hydrogen-bond donors (Lipinski definition) is 2. The molecule has 66 valence electrons. The molecule has 0 bridgehead atoms. The third kappa shape index (κ3) is 1.62. The fraction of sp³-hybridized carbons (Fsp3) is 0.333. The fourth-order valence-electron chi connectivity index (χ4n) is 1.05. The van der Waals surface area contributed by atoms with Crippen LogP contribution in [0.25, 0.3) is 0 Å². The number of benzene rings is 1. The molecule has 1 aromatic carbocycles. The van der Waals surface area contributed by atoms with E-state index in [0.29, 0.717) is 16.7 Å². The van der Waals surface area contributed by atoms with E-state index in [2.05, 4.69) is 0 Å². The minimum absolute atomic E-state index is 0.198. The lowest BCUT2D eigenvalue weighted by Gasteiger charge is -2.05. The van der Waals surface area contributed by atoms with Crippen LogP contribution in [0.4, 0.5) is 4.39 Å². The van der Waals surface area contributed by atoms with Gasteiger partial charge in [0.1, 0.15) is 5.82 Å². The maximum atomic E-state index is 13.0. The molecule has 0 fully saturated rings. The molecule has 0 saturated carbocycles. The summed E-state index contributed by atoms with van der Waals surface area (Å²) in [5.41, 5.74) is 1.45. The molecule has 0 aromatic heterocycles. The molecular weight excluding hydrogens is 159 g/mol. The quantitative estimate of drug-likeness (QED) is 0.698. The molecule has 12 heavy (non-hydrogen) atoms. The number of aliphatic hydroxyl groups is 2. The van der Waals surface area contributed by atoms with E-state index in [1.165, 1.54) is 6.07 Å². The van der Waals surface area contributed by atoms with Crippen LogP contribution >= 0.6 is 0 Å². The lowest BCUT2D eigenvalue weighted by molar-refractivity contribution is 0.273. The summed E-state index contributed by atoms with van der Waals surface area (Å²) in [6.45, 7) is 1.20. The first-order valence-corrected chi connectivity index (χ1v) is 3.68. The van der Waals surface area contributed by atoms with Gasteiger partial charge in [-0.05, 0) is 29.7 Å². The van der Waals surface area contributed by atoms with Crippen molar-refractivity contribution in [1.82, 2.24) is 0 Å². The summed E-state index contributed by atoms with van der Waals surface area (Å²) < 4.78 is 13.0. The van der Waals surface area contributed by atoms with Gasteiger partial charge < -0.3 is 10.2 Å². The molecular formula is C9H11FO2. The van der Waals surface area contributed by atoms with Gasteiger partial charge in [-0.2, -0.15) is 0 Å². The van der Waals surface area contributed by atoms with E-state index in [1.54, 1.807) is 13.0 Å². The van der Waals surface area contributed by atoms with Gasteiger partial charge in [0.2, 0.25) is 0 Å². The second-order valence-corrected chi connectivity index (χ2v) is 2.68. The largest absolute Gasteiger partial charge is 0.392 e. The van der Waals surface area contributed by atoms with Gasteiger partial charge in [0.15, 0.2) is 0 Å². The van der Waals surface area contributed by atoms with Gasteiger partial charge in [0.25, 0.3) is 0 Å². The van der Waals surface area contributed by atoms with Crippen LogP contribution < -0.4 is 0 Å². The Morgan fingerprint density at radius 3 is 2.42 bits per heavy atom. The molecule has 0 spiro atoms. The third-order valence-corrected chi connectivity index (χ3v) is 1.86. The number of aliphatic hydroxyl groups excluding tert-OH is 2. The number of hydrogen-bond acceptors (Lipinski definition) is 2. The van der Waals surface area contributed by atoms with Crippen LogP contribution in [0.3, 0.4) is 0 Å². The van der Waals surface area contributed by atoms with E-state index in [4.69, 9.17) is 10.2 Å². The first-order chi connectivity index (χ1) is 5.69. The van der Waals surface area contributed by atoms with Crippen molar-refractivity contribution in [2.45, 2.75) is 20.1 Å². The Balaban J connectivity index is 3.19. The maximum absolute atomic E-state index is 13.0.